The van der Waals surface area contributed by atoms with Crippen molar-refractivity contribution in [1.29, 1.82) is 0 Å². The van der Waals surface area contributed by atoms with Crippen LogP contribution < -0.4 is 0 Å². The second kappa shape index (κ2) is 2.65. The number of hydrogen-bond donors (Lipinski definition) is 0. The lowest BCUT2D eigenvalue weighted by atomic mass is 10.1. The Morgan fingerprint density at radius 1 is 1.55 bits per heavy atom. The molecule has 0 atom stereocenters. The van der Waals surface area contributed by atoms with Crippen LogP contribution in [0, 0.1) is 12.8 Å². The third kappa shape index (κ3) is 1.59. The van der Waals surface area contributed by atoms with Crippen LogP contribution in [0.1, 0.15) is 24.0 Å². The highest BCUT2D eigenvalue weighted by molar-refractivity contribution is 5.22. The summed E-state index contributed by atoms with van der Waals surface area (Å²) in [6, 6.07) is 2.15. The summed E-state index contributed by atoms with van der Waals surface area (Å²) in [6.45, 7) is 2.14. The first-order valence-electron chi connectivity index (χ1n) is 4.26. The molecular weight excluding hydrogens is 134 g/mol. The largest absolute Gasteiger partial charge is 0.264 e. The van der Waals surface area contributed by atoms with E-state index in [9.17, 15) is 0 Å². The average Bonchev–Trinajstić information content (AvgIpc) is 2.78. The highest BCUT2D eigenvalue weighted by atomic mass is 14.6. The molecule has 0 radical (unpaired) electrons. The SMILES string of the molecule is Cc1cnccc1CC1CC1. The summed E-state index contributed by atoms with van der Waals surface area (Å²) >= 11 is 0. The van der Waals surface area contributed by atoms with Crippen molar-refractivity contribution < 1.29 is 0 Å². The van der Waals surface area contributed by atoms with E-state index >= 15 is 0 Å². The number of rotatable bonds is 2. The van der Waals surface area contributed by atoms with Gasteiger partial charge in [-0.15, -0.1) is 0 Å². The van der Waals surface area contributed by atoms with Crippen LogP contribution in [0.5, 0.6) is 0 Å². The molecule has 58 valence electrons. The van der Waals surface area contributed by atoms with Gasteiger partial charge in [-0.2, -0.15) is 0 Å². The van der Waals surface area contributed by atoms with E-state index in [-0.39, 0.29) is 0 Å². The van der Waals surface area contributed by atoms with Crippen molar-refractivity contribution in [2.75, 3.05) is 0 Å². The topological polar surface area (TPSA) is 12.9 Å². The predicted molar refractivity (Wildman–Crippen MR) is 45.4 cm³/mol. The summed E-state index contributed by atoms with van der Waals surface area (Å²) in [5, 5.41) is 0. The summed E-state index contributed by atoms with van der Waals surface area (Å²) in [4.78, 5) is 4.07. The molecule has 1 heterocycles. The van der Waals surface area contributed by atoms with E-state index in [4.69, 9.17) is 0 Å². The van der Waals surface area contributed by atoms with Crippen molar-refractivity contribution in [2.45, 2.75) is 26.2 Å². The van der Waals surface area contributed by atoms with E-state index in [1.165, 1.54) is 30.4 Å². The quantitative estimate of drug-likeness (QED) is 0.625. The molecule has 0 aromatic carbocycles. The van der Waals surface area contributed by atoms with Crippen molar-refractivity contribution in [2.24, 2.45) is 5.92 Å². The van der Waals surface area contributed by atoms with Crippen LogP contribution in [0.3, 0.4) is 0 Å². The fourth-order valence-corrected chi connectivity index (χ4v) is 1.36. The van der Waals surface area contributed by atoms with Gasteiger partial charge < -0.3 is 0 Å². The van der Waals surface area contributed by atoms with Gasteiger partial charge >= 0.3 is 0 Å². The van der Waals surface area contributed by atoms with E-state index in [1.807, 2.05) is 12.4 Å². The first kappa shape index (κ1) is 6.84. The minimum absolute atomic E-state index is 0.982. The Kier molecular flexibility index (Phi) is 1.65. The molecule has 1 saturated carbocycles. The van der Waals surface area contributed by atoms with Gasteiger partial charge in [-0.3, -0.25) is 4.98 Å². The molecule has 1 aromatic rings. The molecule has 0 aliphatic heterocycles. The van der Waals surface area contributed by atoms with E-state index in [0.29, 0.717) is 0 Å². The molecule has 1 aliphatic carbocycles. The molecule has 0 N–H and O–H groups in total. The van der Waals surface area contributed by atoms with Gasteiger partial charge in [-0.1, -0.05) is 0 Å². The minimum Gasteiger partial charge on any atom is -0.264 e. The molecule has 11 heavy (non-hydrogen) atoms. The summed E-state index contributed by atoms with van der Waals surface area (Å²) < 4.78 is 0. The average molecular weight is 147 g/mol. The lowest BCUT2D eigenvalue weighted by Gasteiger charge is -2.01. The fraction of sp³-hybridized carbons (Fsp3) is 0.500. The minimum atomic E-state index is 0.982. The van der Waals surface area contributed by atoms with Gasteiger partial charge in [0.15, 0.2) is 0 Å². The molecule has 1 fully saturated rings. The van der Waals surface area contributed by atoms with E-state index in [0.717, 1.165) is 5.92 Å². The highest BCUT2D eigenvalue weighted by Gasteiger charge is 2.21. The summed E-state index contributed by atoms with van der Waals surface area (Å²) in [7, 11) is 0. The maximum absolute atomic E-state index is 4.07. The number of aryl methyl sites for hydroxylation is 1. The summed E-state index contributed by atoms with van der Waals surface area (Å²) in [5.41, 5.74) is 2.84. The van der Waals surface area contributed by atoms with E-state index < -0.39 is 0 Å². The Balaban J connectivity index is 2.15. The molecule has 1 heteroatoms. The van der Waals surface area contributed by atoms with Gasteiger partial charge in [0.25, 0.3) is 0 Å². The molecule has 0 bridgehead atoms. The van der Waals surface area contributed by atoms with Crippen molar-refractivity contribution in [3.8, 4) is 0 Å². The standard InChI is InChI=1S/C10H13N/c1-8-7-11-5-4-10(8)6-9-2-3-9/h4-5,7,9H,2-3,6H2,1H3. The molecule has 0 spiro atoms. The number of nitrogens with zero attached hydrogens (tertiary/aromatic N) is 1. The molecule has 0 amide bonds. The van der Waals surface area contributed by atoms with Crippen molar-refractivity contribution >= 4 is 0 Å². The molecule has 0 unspecified atom stereocenters. The number of aromatic nitrogens is 1. The van der Waals surface area contributed by atoms with Crippen molar-refractivity contribution in [3.05, 3.63) is 29.6 Å². The Morgan fingerprint density at radius 3 is 3.00 bits per heavy atom. The van der Waals surface area contributed by atoms with Crippen LogP contribution in [0.2, 0.25) is 0 Å². The second-order valence-electron chi connectivity index (χ2n) is 3.45. The Labute approximate surface area is 67.5 Å². The van der Waals surface area contributed by atoms with Crippen molar-refractivity contribution in [1.82, 2.24) is 4.98 Å². The van der Waals surface area contributed by atoms with Gasteiger partial charge in [0.2, 0.25) is 0 Å². The fourth-order valence-electron chi connectivity index (χ4n) is 1.36. The first-order valence-corrected chi connectivity index (χ1v) is 4.26. The maximum Gasteiger partial charge on any atom is 0.0299 e. The zero-order chi connectivity index (χ0) is 7.68. The Bertz CT molecular complexity index is 251. The molecule has 0 saturated heterocycles. The Morgan fingerprint density at radius 2 is 2.36 bits per heavy atom. The van der Waals surface area contributed by atoms with Gasteiger partial charge in [0.1, 0.15) is 0 Å². The maximum atomic E-state index is 4.07. The zero-order valence-electron chi connectivity index (χ0n) is 6.88. The first-order chi connectivity index (χ1) is 5.36. The van der Waals surface area contributed by atoms with Gasteiger partial charge in [-0.25, -0.2) is 0 Å². The molecular formula is C10H13N. The second-order valence-corrected chi connectivity index (χ2v) is 3.45. The van der Waals surface area contributed by atoms with Crippen LogP contribution in [0.15, 0.2) is 18.5 Å². The smallest absolute Gasteiger partial charge is 0.0299 e. The van der Waals surface area contributed by atoms with E-state index in [1.54, 1.807) is 0 Å². The molecule has 1 nitrogen and oxygen atoms in total. The van der Waals surface area contributed by atoms with Crippen LogP contribution >= 0.6 is 0 Å². The molecule has 2 rings (SSSR count). The third-order valence-corrected chi connectivity index (χ3v) is 2.34. The van der Waals surface area contributed by atoms with Crippen LogP contribution in [-0.4, -0.2) is 4.98 Å². The highest BCUT2D eigenvalue weighted by Crippen LogP contribution is 2.32. The monoisotopic (exact) mass is 147 g/mol. The number of pyridine rings is 1. The molecule has 1 aliphatic rings. The molecule has 1 aromatic heterocycles. The van der Waals surface area contributed by atoms with Crippen LogP contribution in [-0.2, 0) is 6.42 Å². The lowest BCUT2D eigenvalue weighted by Crippen LogP contribution is -1.91. The van der Waals surface area contributed by atoms with Crippen LogP contribution in [0.4, 0.5) is 0 Å². The normalized spacial score (nSPS) is 16.8. The Hall–Kier alpha value is -0.850. The van der Waals surface area contributed by atoms with Gasteiger partial charge in [0, 0.05) is 12.4 Å². The lowest BCUT2D eigenvalue weighted by molar-refractivity contribution is 0.823. The van der Waals surface area contributed by atoms with Crippen LogP contribution in [0.25, 0.3) is 0 Å². The summed E-state index contributed by atoms with van der Waals surface area (Å²) in [6.07, 6.45) is 7.99. The zero-order valence-corrected chi connectivity index (χ0v) is 6.88. The summed E-state index contributed by atoms with van der Waals surface area (Å²) in [5.74, 6) is 0.982. The van der Waals surface area contributed by atoms with Gasteiger partial charge in [0.05, 0.1) is 0 Å². The third-order valence-electron chi connectivity index (χ3n) is 2.34. The van der Waals surface area contributed by atoms with Crippen molar-refractivity contribution in [3.63, 3.8) is 0 Å². The predicted octanol–water partition coefficient (Wildman–Crippen LogP) is 2.34. The van der Waals surface area contributed by atoms with Gasteiger partial charge in [-0.05, 0) is 49.3 Å². The number of hydrogen-bond acceptors (Lipinski definition) is 1. The van der Waals surface area contributed by atoms with E-state index in [2.05, 4.69) is 18.0 Å².